The van der Waals surface area contributed by atoms with Gasteiger partial charge in [0.1, 0.15) is 0 Å². The van der Waals surface area contributed by atoms with Crippen molar-refractivity contribution in [2.45, 2.75) is 12.3 Å². The van der Waals surface area contributed by atoms with Gasteiger partial charge in [-0.15, -0.1) is 0 Å². The highest BCUT2D eigenvalue weighted by Crippen LogP contribution is 2.49. The van der Waals surface area contributed by atoms with E-state index in [2.05, 4.69) is 275 Å². The number of para-hydroxylation sites is 5. The molecule has 1 atom stereocenters. The summed E-state index contributed by atoms with van der Waals surface area (Å²) in [4.78, 5) is 4.95. The molecule has 0 fully saturated rings. The molecule has 0 spiro atoms. The van der Waals surface area contributed by atoms with Gasteiger partial charge in [-0.3, -0.25) is 0 Å². The van der Waals surface area contributed by atoms with Crippen LogP contribution in [0.2, 0.25) is 0 Å². The zero-order valence-corrected chi connectivity index (χ0v) is 40.4. The Morgan fingerprint density at radius 1 is 0.419 bits per heavy atom. The van der Waals surface area contributed by atoms with Crippen molar-refractivity contribution in [1.82, 2.24) is 4.57 Å². The summed E-state index contributed by atoms with van der Waals surface area (Å²) in [6.07, 6.45) is 9.91. The van der Waals surface area contributed by atoms with Crippen LogP contribution in [0.25, 0.3) is 71.3 Å². The van der Waals surface area contributed by atoms with Gasteiger partial charge in [-0.05, 0) is 157 Å². The van der Waals surface area contributed by atoms with Crippen molar-refractivity contribution in [1.29, 1.82) is 5.26 Å². The molecule has 74 heavy (non-hydrogen) atoms. The molecule has 4 nitrogen and oxygen atoms in total. The van der Waals surface area contributed by atoms with Gasteiger partial charge in [0.05, 0.1) is 22.7 Å². The summed E-state index contributed by atoms with van der Waals surface area (Å²) in [7, 11) is 0. The van der Waals surface area contributed by atoms with Crippen LogP contribution in [-0.2, 0) is 0 Å². The van der Waals surface area contributed by atoms with Crippen molar-refractivity contribution in [2.75, 3.05) is 9.80 Å². The van der Waals surface area contributed by atoms with Crippen LogP contribution >= 0.6 is 0 Å². The monoisotopic (exact) mass is 940 g/mol. The molecule has 0 amide bonds. The quantitative estimate of drug-likeness (QED) is 0.123. The minimum atomic E-state index is -0.0703. The molecular weight excluding hydrogens is 896 g/mol. The third-order valence-corrected chi connectivity index (χ3v) is 15.8. The Morgan fingerprint density at radius 3 is 1.57 bits per heavy atom. The molecule has 3 heterocycles. The highest BCUT2D eigenvalue weighted by molar-refractivity contribution is 7.00. The normalized spacial score (nSPS) is 14.4. The second kappa shape index (κ2) is 16.7. The lowest BCUT2D eigenvalue weighted by molar-refractivity contribution is 0.870. The van der Waals surface area contributed by atoms with Crippen molar-refractivity contribution in [3.05, 3.63) is 266 Å². The van der Waals surface area contributed by atoms with Crippen LogP contribution in [0.1, 0.15) is 23.5 Å². The second-order valence-corrected chi connectivity index (χ2v) is 19.8. The Hall–Kier alpha value is -9.63. The van der Waals surface area contributed by atoms with Gasteiger partial charge in [0.15, 0.2) is 0 Å². The van der Waals surface area contributed by atoms with Gasteiger partial charge in [0, 0.05) is 56.5 Å². The largest absolute Gasteiger partial charge is 0.311 e. The van der Waals surface area contributed by atoms with Gasteiger partial charge >= 0.3 is 0 Å². The SMILES string of the molecule is N#Cc1cc(-c2cc3c4c(c2)N(c2ccccc2)c2cc(-n5c6ccccc6c6ccccc65)ccc2B4c2ccccc2N3c2ccccc2)cc(-c2c3ccccc3c(C3C=CC=CC3)c3ccccc23)c1. The number of hydrogen-bond acceptors (Lipinski definition) is 3. The third-order valence-electron chi connectivity index (χ3n) is 15.8. The molecule has 15 rings (SSSR count). The molecule has 1 aliphatic carbocycles. The fourth-order valence-electron chi connectivity index (χ4n) is 12.8. The highest BCUT2D eigenvalue weighted by Gasteiger charge is 2.44. The summed E-state index contributed by atoms with van der Waals surface area (Å²) in [6, 6.07) is 86.8. The summed E-state index contributed by atoms with van der Waals surface area (Å²) >= 11 is 0. The van der Waals surface area contributed by atoms with Crippen LogP contribution in [-0.4, -0.2) is 11.3 Å². The van der Waals surface area contributed by atoms with Crippen LogP contribution in [0, 0.1) is 11.3 Å². The topological polar surface area (TPSA) is 35.2 Å². The number of rotatable bonds is 6. The molecule has 0 radical (unpaired) electrons. The van der Waals surface area contributed by atoms with Gasteiger partial charge in [-0.2, -0.15) is 5.26 Å². The number of fused-ring (bicyclic) bond motifs is 9. The Labute approximate surface area is 430 Å². The summed E-state index contributed by atoms with van der Waals surface area (Å²) < 4.78 is 2.43. The van der Waals surface area contributed by atoms with E-state index >= 15 is 0 Å². The number of nitriles is 1. The molecule has 0 bridgehead atoms. The summed E-state index contributed by atoms with van der Waals surface area (Å²) in [5.74, 6) is 0.259. The van der Waals surface area contributed by atoms with E-state index in [0.717, 1.165) is 68.5 Å². The van der Waals surface area contributed by atoms with E-state index in [1.807, 2.05) is 0 Å². The molecule has 1 unspecified atom stereocenters. The number of aromatic nitrogens is 1. The Kier molecular flexibility index (Phi) is 9.52. The lowest BCUT2D eigenvalue weighted by Crippen LogP contribution is -2.61. The minimum absolute atomic E-state index is 0.0703. The van der Waals surface area contributed by atoms with Crippen molar-refractivity contribution in [3.8, 4) is 34.0 Å². The maximum Gasteiger partial charge on any atom is 0.252 e. The number of nitrogens with zero attached hydrogens (tertiary/aromatic N) is 4. The van der Waals surface area contributed by atoms with Crippen LogP contribution < -0.4 is 26.2 Å². The molecule has 344 valence electrons. The first-order valence-electron chi connectivity index (χ1n) is 25.6. The molecule has 5 heteroatoms. The maximum atomic E-state index is 11.0. The van der Waals surface area contributed by atoms with E-state index in [4.69, 9.17) is 0 Å². The molecule has 1 aromatic heterocycles. The lowest BCUT2D eigenvalue weighted by atomic mass is 9.33. The molecule has 3 aliphatic rings. The minimum Gasteiger partial charge on any atom is -0.311 e. The maximum absolute atomic E-state index is 11.0. The van der Waals surface area contributed by atoms with E-state index in [1.54, 1.807) is 0 Å². The Morgan fingerprint density at radius 2 is 0.946 bits per heavy atom. The van der Waals surface area contributed by atoms with E-state index in [1.165, 1.54) is 65.3 Å². The number of benzene rings is 11. The van der Waals surface area contributed by atoms with Crippen LogP contribution in [0.4, 0.5) is 34.1 Å². The number of hydrogen-bond donors (Lipinski definition) is 0. The highest BCUT2D eigenvalue weighted by atomic mass is 15.2. The van der Waals surface area contributed by atoms with Crippen molar-refractivity contribution in [2.24, 2.45) is 0 Å². The third kappa shape index (κ3) is 6.35. The van der Waals surface area contributed by atoms with E-state index in [-0.39, 0.29) is 12.6 Å². The van der Waals surface area contributed by atoms with Gasteiger partial charge in [-0.25, -0.2) is 0 Å². The molecule has 11 aromatic carbocycles. The number of anilines is 6. The summed E-state index contributed by atoms with van der Waals surface area (Å²) in [5, 5.41) is 18.3. The summed E-state index contributed by atoms with van der Waals surface area (Å²) in [5.41, 5.74) is 20.0. The van der Waals surface area contributed by atoms with Gasteiger partial charge in [-0.1, -0.05) is 170 Å². The Balaban J connectivity index is 1.02. The molecular formula is C69H45BN4. The zero-order chi connectivity index (χ0) is 48.9. The second-order valence-electron chi connectivity index (χ2n) is 19.8. The molecule has 2 aliphatic heterocycles. The van der Waals surface area contributed by atoms with E-state index < -0.39 is 0 Å². The molecule has 0 N–H and O–H groups in total. The standard InChI is InChI=1S/C69H45BN4/c71-44-45-38-47(40-49(39-45)68-57-30-12-10-28-55(57)67(46-20-4-1-5-21-46)56-29-11-13-31-58(56)68)48-41-65-69-66(42-48)73(51-24-8-3-9-25-51)64-43-52(74-61-33-17-14-26-53(61)54-27-15-18-34-62(54)74)36-37-60(64)70(69)59-32-16-19-35-63(59)72(65)50-22-6-2-7-23-50/h1-20,22-43,46H,21H2. The first-order chi connectivity index (χ1) is 36.7. The zero-order valence-electron chi connectivity index (χ0n) is 40.4. The average Bonchev–Trinajstić information content (AvgIpc) is 3.82. The summed E-state index contributed by atoms with van der Waals surface area (Å²) in [6.45, 7) is -0.0703. The predicted octanol–water partition coefficient (Wildman–Crippen LogP) is 16.0. The van der Waals surface area contributed by atoms with Crippen molar-refractivity contribution < 1.29 is 0 Å². The van der Waals surface area contributed by atoms with Gasteiger partial charge < -0.3 is 14.4 Å². The lowest BCUT2D eigenvalue weighted by Gasteiger charge is -2.44. The smallest absolute Gasteiger partial charge is 0.252 e. The van der Waals surface area contributed by atoms with Gasteiger partial charge in [0.2, 0.25) is 0 Å². The fraction of sp³-hybridized carbons (Fsp3) is 0.0290. The van der Waals surface area contributed by atoms with Crippen LogP contribution in [0.15, 0.2) is 255 Å². The van der Waals surface area contributed by atoms with Crippen molar-refractivity contribution >= 4 is 101 Å². The molecule has 12 aromatic rings. The van der Waals surface area contributed by atoms with Crippen LogP contribution in [0.3, 0.4) is 0 Å². The Bertz CT molecular complexity index is 4280. The van der Waals surface area contributed by atoms with E-state index in [0.29, 0.717) is 5.56 Å². The first-order valence-corrected chi connectivity index (χ1v) is 25.6. The molecule has 0 saturated heterocycles. The predicted molar refractivity (Wildman–Crippen MR) is 311 cm³/mol. The van der Waals surface area contributed by atoms with Gasteiger partial charge in [0.25, 0.3) is 6.71 Å². The fourth-order valence-corrected chi connectivity index (χ4v) is 12.8. The number of allylic oxidation sites excluding steroid dienone is 4. The molecule has 0 saturated carbocycles. The van der Waals surface area contributed by atoms with Crippen molar-refractivity contribution in [3.63, 3.8) is 0 Å². The first kappa shape index (κ1) is 42.1. The van der Waals surface area contributed by atoms with E-state index in [9.17, 15) is 5.26 Å². The average molecular weight is 941 g/mol. The van der Waals surface area contributed by atoms with Crippen LogP contribution in [0.5, 0.6) is 0 Å².